The summed E-state index contributed by atoms with van der Waals surface area (Å²) >= 11 is 35.9. The Hall–Kier alpha value is -0.620. The molecular formula is C16H11Cl6N3O. The zero-order chi connectivity index (χ0) is 19.1. The molecule has 0 aromatic heterocycles. The van der Waals surface area contributed by atoms with Crippen molar-refractivity contribution in [3.8, 4) is 0 Å². The predicted octanol–water partition coefficient (Wildman–Crippen LogP) is 5.89. The molecule has 1 aliphatic carbocycles. The summed E-state index contributed by atoms with van der Waals surface area (Å²) in [5.41, 5.74) is 2.59. The van der Waals surface area contributed by atoms with Crippen molar-refractivity contribution < 1.29 is 4.74 Å². The summed E-state index contributed by atoms with van der Waals surface area (Å²) in [5, 5.41) is 2.68. The van der Waals surface area contributed by atoms with Gasteiger partial charge in [-0.15, -0.1) is 0 Å². The van der Waals surface area contributed by atoms with Gasteiger partial charge in [0.25, 0.3) is 0 Å². The van der Waals surface area contributed by atoms with Gasteiger partial charge in [-0.1, -0.05) is 93.9 Å². The highest BCUT2D eigenvalue weighted by Gasteiger charge is 2.38. The zero-order valence-electron chi connectivity index (χ0n) is 13.2. The minimum atomic E-state index is -1.84. The number of benzene rings is 1. The minimum Gasteiger partial charge on any atom is -0.496 e. The summed E-state index contributed by atoms with van der Waals surface area (Å²) in [7, 11) is 1.61. The molecule has 0 radical (unpaired) electrons. The van der Waals surface area contributed by atoms with Crippen LogP contribution in [0.2, 0.25) is 0 Å². The van der Waals surface area contributed by atoms with Gasteiger partial charge in [0.1, 0.15) is 5.76 Å². The first-order valence-electron chi connectivity index (χ1n) is 7.27. The van der Waals surface area contributed by atoms with E-state index in [0.717, 1.165) is 22.5 Å². The molecule has 0 fully saturated rings. The van der Waals surface area contributed by atoms with E-state index in [1.807, 2.05) is 30.3 Å². The maximum absolute atomic E-state index is 5.98. The molecule has 0 spiro atoms. The molecule has 2 aliphatic rings. The Balaban J connectivity index is 2.22. The molecule has 3 rings (SSSR count). The SMILES string of the molecule is COC1=CCC(=C2N=C(C(Cl)(Cl)Cl)NC(C(Cl)(Cl)Cl)=N2)c2ccccc21. The Morgan fingerprint density at radius 2 is 1.46 bits per heavy atom. The predicted molar refractivity (Wildman–Crippen MR) is 112 cm³/mol. The van der Waals surface area contributed by atoms with E-state index in [2.05, 4.69) is 15.3 Å². The molecule has 4 nitrogen and oxygen atoms in total. The van der Waals surface area contributed by atoms with E-state index in [-0.39, 0.29) is 11.7 Å². The number of rotatable bonds is 1. The molecule has 1 N–H and O–H groups in total. The lowest BCUT2D eigenvalue weighted by atomic mass is 9.91. The molecule has 26 heavy (non-hydrogen) atoms. The third-order valence-electron chi connectivity index (χ3n) is 3.71. The number of methoxy groups -OCH3 is 1. The number of hydrogen-bond acceptors (Lipinski definition) is 4. The highest BCUT2D eigenvalue weighted by Crippen LogP contribution is 2.39. The van der Waals surface area contributed by atoms with Gasteiger partial charge in [-0.3, -0.25) is 0 Å². The second-order valence-electron chi connectivity index (χ2n) is 5.37. The van der Waals surface area contributed by atoms with Crippen molar-refractivity contribution >= 4 is 92.6 Å². The summed E-state index contributed by atoms with van der Waals surface area (Å²) in [4.78, 5) is 8.69. The number of aliphatic imine (C=N–C) groups is 2. The molecule has 1 aromatic carbocycles. The van der Waals surface area contributed by atoms with E-state index in [4.69, 9.17) is 74.3 Å². The smallest absolute Gasteiger partial charge is 0.248 e. The molecule has 0 amide bonds. The number of halogens is 6. The van der Waals surface area contributed by atoms with Crippen LogP contribution in [-0.4, -0.2) is 26.4 Å². The van der Waals surface area contributed by atoms with E-state index in [9.17, 15) is 0 Å². The highest BCUT2D eigenvalue weighted by atomic mass is 35.6. The quantitative estimate of drug-likeness (QED) is 0.517. The van der Waals surface area contributed by atoms with Crippen LogP contribution in [0.4, 0.5) is 0 Å². The second-order valence-corrected chi connectivity index (χ2v) is 9.93. The van der Waals surface area contributed by atoms with E-state index in [1.54, 1.807) is 7.11 Å². The van der Waals surface area contributed by atoms with E-state index in [0.29, 0.717) is 12.2 Å². The van der Waals surface area contributed by atoms with Crippen molar-refractivity contribution in [2.45, 2.75) is 14.0 Å². The standard InChI is InChI=1S/C16H11Cl6N3O/c1-26-11-7-6-10(8-4-2-3-5-9(8)11)12-23-13(15(17,18)19)25-14(24-12)16(20,21)22/h2-5,7H,6H2,1H3,(H,23,24,25). The zero-order valence-corrected chi connectivity index (χ0v) is 17.7. The first-order chi connectivity index (χ1) is 12.1. The normalized spacial score (nSPS) is 17.7. The number of nitrogens with one attached hydrogen (secondary N) is 1. The van der Waals surface area contributed by atoms with Gasteiger partial charge in [-0.25, -0.2) is 9.98 Å². The molecule has 138 valence electrons. The average Bonchev–Trinajstić information content (AvgIpc) is 2.59. The first kappa shape index (κ1) is 20.1. The Bertz CT molecular complexity index is 829. The Kier molecular flexibility index (Phi) is 5.74. The lowest BCUT2D eigenvalue weighted by molar-refractivity contribution is 0.368. The molecule has 1 heterocycles. The number of amidine groups is 2. The number of fused-ring (bicyclic) bond motifs is 1. The van der Waals surface area contributed by atoms with Crippen LogP contribution >= 0.6 is 69.6 Å². The lowest BCUT2D eigenvalue weighted by Gasteiger charge is -2.27. The number of nitrogens with zero attached hydrogens (tertiary/aromatic N) is 2. The van der Waals surface area contributed by atoms with Gasteiger partial charge < -0.3 is 10.1 Å². The maximum atomic E-state index is 5.98. The van der Waals surface area contributed by atoms with Crippen LogP contribution in [0.1, 0.15) is 17.5 Å². The van der Waals surface area contributed by atoms with Crippen molar-refractivity contribution in [3.63, 3.8) is 0 Å². The topological polar surface area (TPSA) is 46.0 Å². The van der Waals surface area contributed by atoms with Crippen molar-refractivity contribution in [1.29, 1.82) is 0 Å². The summed E-state index contributed by atoms with van der Waals surface area (Å²) < 4.78 is 1.75. The van der Waals surface area contributed by atoms with Gasteiger partial charge in [-0.2, -0.15) is 0 Å². The van der Waals surface area contributed by atoms with Gasteiger partial charge in [0.05, 0.1) is 7.11 Å². The Morgan fingerprint density at radius 3 is 1.96 bits per heavy atom. The van der Waals surface area contributed by atoms with Crippen LogP contribution in [0, 0.1) is 0 Å². The summed E-state index contributed by atoms with van der Waals surface area (Å²) in [6.07, 6.45) is 2.42. The van der Waals surface area contributed by atoms with Crippen LogP contribution in [0.15, 0.2) is 46.1 Å². The first-order valence-corrected chi connectivity index (χ1v) is 9.54. The third kappa shape index (κ3) is 4.11. The molecule has 0 atom stereocenters. The number of hydrogen-bond donors (Lipinski definition) is 1. The van der Waals surface area contributed by atoms with E-state index >= 15 is 0 Å². The largest absolute Gasteiger partial charge is 0.496 e. The van der Waals surface area contributed by atoms with Crippen molar-refractivity contribution in [1.82, 2.24) is 5.32 Å². The number of alkyl halides is 6. The van der Waals surface area contributed by atoms with Gasteiger partial charge in [0.2, 0.25) is 7.59 Å². The molecular weight excluding hydrogens is 463 g/mol. The molecule has 0 unspecified atom stereocenters. The summed E-state index contributed by atoms with van der Waals surface area (Å²) in [6, 6.07) is 7.68. The minimum absolute atomic E-state index is 0.000300. The average molecular weight is 474 g/mol. The van der Waals surface area contributed by atoms with Crippen molar-refractivity contribution in [3.05, 3.63) is 47.3 Å². The van der Waals surface area contributed by atoms with E-state index < -0.39 is 7.59 Å². The highest BCUT2D eigenvalue weighted by molar-refractivity contribution is 6.79. The fraction of sp³-hybridized carbons (Fsp3) is 0.250. The van der Waals surface area contributed by atoms with Crippen molar-refractivity contribution in [2.24, 2.45) is 9.98 Å². The molecule has 0 saturated carbocycles. The molecule has 0 bridgehead atoms. The molecule has 10 heteroatoms. The molecule has 0 saturated heterocycles. The lowest BCUT2D eigenvalue weighted by Crippen LogP contribution is -2.46. The fourth-order valence-electron chi connectivity index (χ4n) is 2.59. The van der Waals surface area contributed by atoms with Gasteiger partial charge >= 0.3 is 0 Å². The van der Waals surface area contributed by atoms with Gasteiger partial charge in [0, 0.05) is 11.1 Å². The number of ether oxygens (including phenoxy) is 1. The van der Waals surface area contributed by atoms with Crippen LogP contribution in [0.5, 0.6) is 0 Å². The summed E-state index contributed by atoms with van der Waals surface area (Å²) in [6.45, 7) is 0. The van der Waals surface area contributed by atoms with Crippen LogP contribution < -0.4 is 5.32 Å². The second kappa shape index (κ2) is 7.42. The maximum Gasteiger partial charge on any atom is 0.248 e. The Labute approximate surface area is 180 Å². The van der Waals surface area contributed by atoms with Crippen LogP contribution in [0.25, 0.3) is 11.3 Å². The van der Waals surface area contributed by atoms with E-state index in [1.165, 1.54) is 0 Å². The van der Waals surface area contributed by atoms with Gasteiger partial charge in [-0.05, 0) is 18.1 Å². The van der Waals surface area contributed by atoms with Gasteiger partial charge in [0.15, 0.2) is 17.5 Å². The summed E-state index contributed by atoms with van der Waals surface area (Å²) in [5.74, 6) is 1.06. The number of allylic oxidation sites excluding steroid dienone is 2. The molecule has 1 aliphatic heterocycles. The van der Waals surface area contributed by atoms with Crippen molar-refractivity contribution in [2.75, 3.05) is 7.11 Å². The molecule has 1 aromatic rings. The fourth-order valence-corrected chi connectivity index (χ4v) is 3.13. The third-order valence-corrected chi connectivity index (χ3v) is 4.78. The van der Waals surface area contributed by atoms with Crippen LogP contribution in [0.3, 0.4) is 0 Å². The monoisotopic (exact) mass is 471 g/mol. The Morgan fingerprint density at radius 1 is 0.923 bits per heavy atom. The van der Waals surface area contributed by atoms with Crippen LogP contribution in [-0.2, 0) is 4.74 Å².